The summed E-state index contributed by atoms with van der Waals surface area (Å²) in [6.07, 6.45) is 0. The minimum Gasteiger partial charge on any atom is -0.392 e. The van der Waals surface area contributed by atoms with Crippen LogP contribution in [0.3, 0.4) is 0 Å². The third-order valence-electron chi connectivity index (χ3n) is 3.78. The molecule has 0 saturated heterocycles. The van der Waals surface area contributed by atoms with Crippen molar-refractivity contribution in [2.75, 3.05) is 5.43 Å². The maximum Gasteiger partial charge on any atom is 0.0687 e. The van der Waals surface area contributed by atoms with Gasteiger partial charge in [-0.2, -0.15) is 0 Å². The summed E-state index contributed by atoms with van der Waals surface area (Å²) in [5.74, 6) is 0. The molecular weight excluding hydrogens is 284 g/mol. The minimum atomic E-state index is 0.0419. The van der Waals surface area contributed by atoms with Crippen molar-refractivity contribution in [3.8, 4) is 11.1 Å². The van der Waals surface area contributed by atoms with Gasteiger partial charge in [0.2, 0.25) is 0 Å². The Morgan fingerprint density at radius 3 is 1.91 bits per heavy atom. The Morgan fingerprint density at radius 1 is 0.652 bits per heavy atom. The molecule has 0 aliphatic carbocycles. The zero-order valence-corrected chi connectivity index (χ0v) is 12.9. The van der Waals surface area contributed by atoms with Crippen LogP contribution in [0.4, 0.5) is 5.69 Å². The van der Waals surface area contributed by atoms with Crippen LogP contribution in [-0.4, -0.2) is 5.11 Å². The van der Waals surface area contributed by atoms with Gasteiger partial charge in [-0.1, -0.05) is 66.7 Å². The van der Waals surface area contributed by atoms with Gasteiger partial charge in [0, 0.05) is 12.2 Å². The molecule has 0 amide bonds. The summed E-state index contributed by atoms with van der Waals surface area (Å²) in [6.45, 7) is 0.727. The summed E-state index contributed by atoms with van der Waals surface area (Å²) in [7, 11) is 0. The van der Waals surface area contributed by atoms with E-state index >= 15 is 0 Å². The highest BCUT2D eigenvalue weighted by molar-refractivity contribution is 5.70. The number of nitrogens with one attached hydrogen (secondary N) is 2. The van der Waals surface area contributed by atoms with Crippen molar-refractivity contribution >= 4 is 5.69 Å². The molecule has 0 aliphatic heterocycles. The molecule has 0 heterocycles. The van der Waals surface area contributed by atoms with Crippen molar-refractivity contribution in [1.29, 1.82) is 0 Å². The molecule has 0 aliphatic rings. The lowest BCUT2D eigenvalue weighted by Gasteiger charge is -2.14. The molecule has 0 spiro atoms. The van der Waals surface area contributed by atoms with E-state index in [-0.39, 0.29) is 6.61 Å². The van der Waals surface area contributed by atoms with Crippen LogP contribution in [0.5, 0.6) is 0 Å². The first-order chi connectivity index (χ1) is 11.4. The Bertz CT molecular complexity index is 756. The molecular formula is C20H20N2O. The van der Waals surface area contributed by atoms with Crippen LogP contribution in [0.2, 0.25) is 0 Å². The number of hydrogen-bond acceptors (Lipinski definition) is 3. The first-order valence-corrected chi connectivity index (χ1v) is 7.69. The Labute approximate surface area is 136 Å². The molecule has 116 valence electrons. The van der Waals surface area contributed by atoms with Crippen molar-refractivity contribution in [3.63, 3.8) is 0 Å². The fraction of sp³-hybridized carbons (Fsp3) is 0.100. The van der Waals surface area contributed by atoms with Gasteiger partial charge in [0.1, 0.15) is 0 Å². The summed E-state index contributed by atoms with van der Waals surface area (Å²) in [5.41, 5.74) is 11.8. The number of para-hydroxylation sites is 1. The first kappa shape index (κ1) is 15.3. The Kier molecular flexibility index (Phi) is 5.04. The van der Waals surface area contributed by atoms with Crippen LogP contribution >= 0.6 is 0 Å². The van der Waals surface area contributed by atoms with Gasteiger partial charge in [-0.3, -0.25) is 0 Å². The molecule has 3 nitrogen and oxygen atoms in total. The molecule has 0 saturated carbocycles. The highest BCUT2D eigenvalue weighted by Crippen LogP contribution is 2.27. The van der Waals surface area contributed by atoms with Crippen LogP contribution < -0.4 is 10.9 Å². The molecule has 23 heavy (non-hydrogen) atoms. The third-order valence-corrected chi connectivity index (χ3v) is 3.78. The van der Waals surface area contributed by atoms with Gasteiger partial charge in [0.15, 0.2) is 0 Å². The zero-order valence-electron chi connectivity index (χ0n) is 12.9. The summed E-state index contributed by atoms with van der Waals surface area (Å²) in [5, 5.41) is 9.57. The van der Waals surface area contributed by atoms with Crippen LogP contribution in [0.1, 0.15) is 11.1 Å². The van der Waals surface area contributed by atoms with Crippen LogP contribution in [-0.2, 0) is 13.2 Å². The number of hydrazine groups is 1. The fourth-order valence-electron chi connectivity index (χ4n) is 2.62. The van der Waals surface area contributed by atoms with E-state index in [4.69, 9.17) is 0 Å². The van der Waals surface area contributed by atoms with E-state index in [0.29, 0.717) is 6.54 Å². The van der Waals surface area contributed by atoms with E-state index in [1.807, 2.05) is 60.7 Å². The van der Waals surface area contributed by atoms with E-state index in [0.717, 1.165) is 22.4 Å². The average Bonchev–Trinajstić information content (AvgIpc) is 2.63. The zero-order chi connectivity index (χ0) is 15.9. The molecule has 3 rings (SSSR count). The molecule has 3 N–H and O–H groups in total. The lowest BCUT2D eigenvalue weighted by Crippen LogP contribution is -2.21. The lowest BCUT2D eigenvalue weighted by molar-refractivity contribution is 0.282. The van der Waals surface area contributed by atoms with Crippen molar-refractivity contribution in [3.05, 3.63) is 90.0 Å². The largest absolute Gasteiger partial charge is 0.392 e. The molecule has 3 aromatic carbocycles. The van der Waals surface area contributed by atoms with Gasteiger partial charge in [0.25, 0.3) is 0 Å². The van der Waals surface area contributed by atoms with E-state index < -0.39 is 0 Å². The minimum absolute atomic E-state index is 0.0419. The summed E-state index contributed by atoms with van der Waals surface area (Å²) in [4.78, 5) is 0. The molecule has 3 heteroatoms. The predicted octanol–water partition coefficient (Wildman–Crippen LogP) is 3.96. The van der Waals surface area contributed by atoms with Crippen molar-refractivity contribution in [1.82, 2.24) is 5.43 Å². The highest BCUT2D eigenvalue weighted by Gasteiger charge is 2.08. The normalized spacial score (nSPS) is 10.5. The first-order valence-electron chi connectivity index (χ1n) is 7.69. The van der Waals surface area contributed by atoms with Gasteiger partial charge in [-0.05, 0) is 34.4 Å². The SMILES string of the molecule is OCc1ccccc1-c1ccccc1CNNc1ccccc1. The van der Waals surface area contributed by atoms with Crippen molar-refractivity contribution < 1.29 is 5.11 Å². The average molecular weight is 304 g/mol. The maximum atomic E-state index is 9.57. The highest BCUT2D eigenvalue weighted by atomic mass is 16.3. The van der Waals surface area contributed by atoms with E-state index in [1.165, 1.54) is 5.56 Å². The molecule has 0 unspecified atom stereocenters. The Hall–Kier alpha value is -2.62. The monoisotopic (exact) mass is 304 g/mol. The van der Waals surface area contributed by atoms with Gasteiger partial charge >= 0.3 is 0 Å². The van der Waals surface area contributed by atoms with Gasteiger partial charge in [-0.25, -0.2) is 5.43 Å². The quantitative estimate of drug-likeness (QED) is 0.604. The second kappa shape index (κ2) is 7.58. The number of hydrogen-bond donors (Lipinski definition) is 3. The van der Waals surface area contributed by atoms with E-state index in [2.05, 4.69) is 29.1 Å². The lowest BCUT2D eigenvalue weighted by atomic mass is 9.96. The van der Waals surface area contributed by atoms with E-state index in [9.17, 15) is 5.11 Å². The number of aliphatic hydroxyl groups is 1. The number of benzene rings is 3. The van der Waals surface area contributed by atoms with Gasteiger partial charge in [-0.15, -0.1) is 0 Å². The van der Waals surface area contributed by atoms with Crippen molar-refractivity contribution in [2.24, 2.45) is 0 Å². The Morgan fingerprint density at radius 2 is 1.22 bits per heavy atom. The molecule has 0 atom stereocenters. The second-order valence-corrected chi connectivity index (χ2v) is 5.32. The summed E-state index contributed by atoms with van der Waals surface area (Å²) < 4.78 is 0. The standard InChI is InChI=1S/C20H20N2O/c23-15-17-9-5-7-13-20(17)19-12-6-4-8-16(19)14-21-22-18-10-2-1-3-11-18/h1-13,21-23H,14-15H2. The number of rotatable bonds is 6. The number of anilines is 1. The van der Waals surface area contributed by atoms with Crippen molar-refractivity contribution in [2.45, 2.75) is 13.2 Å². The molecule has 0 bridgehead atoms. The van der Waals surface area contributed by atoms with Gasteiger partial charge < -0.3 is 10.5 Å². The molecule has 3 aromatic rings. The smallest absolute Gasteiger partial charge is 0.0687 e. The van der Waals surface area contributed by atoms with Gasteiger partial charge in [0.05, 0.1) is 6.61 Å². The fourth-order valence-corrected chi connectivity index (χ4v) is 2.62. The topological polar surface area (TPSA) is 44.3 Å². The van der Waals surface area contributed by atoms with Crippen LogP contribution in [0.25, 0.3) is 11.1 Å². The van der Waals surface area contributed by atoms with E-state index in [1.54, 1.807) is 0 Å². The predicted molar refractivity (Wildman–Crippen MR) is 94.7 cm³/mol. The molecule has 0 fully saturated rings. The third kappa shape index (κ3) is 3.77. The number of aliphatic hydroxyl groups excluding tert-OH is 1. The Balaban J connectivity index is 1.78. The summed E-state index contributed by atoms with van der Waals surface area (Å²) >= 11 is 0. The molecule has 0 aromatic heterocycles. The van der Waals surface area contributed by atoms with Crippen LogP contribution in [0.15, 0.2) is 78.9 Å². The maximum absolute atomic E-state index is 9.57. The summed E-state index contributed by atoms with van der Waals surface area (Å²) in [6, 6.07) is 26.2. The second-order valence-electron chi connectivity index (χ2n) is 5.32. The van der Waals surface area contributed by atoms with Crippen LogP contribution in [0, 0.1) is 0 Å². The molecule has 0 radical (unpaired) electrons.